The zero-order valence-corrected chi connectivity index (χ0v) is 13.2. The van der Waals surface area contributed by atoms with E-state index in [0.717, 1.165) is 13.1 Å². The summed E-state index contributed by atoms with van der Waals surface area (Å²) in [4.78, 5) is 16.5. The summed E-state index contributed by atoms with van der Waals surface area (Å²) in [6.07, 6.45) is 0.408. The van der Waals surface area contributed by atoms with Gasteiger partial charge in [0.1, 0.15) is 0 Å². The number of carbonyl (C=O) groups excluding carboxylic acids is 1. The van der Waals surface area contributed by atoms with Gasteiger partial charge in [-0.25, -0.2) is 13.4 Å². The van der Waals surface area contributed by atoms with Crippen LogP contribution in [0.4, 0.5) is 0 Å². The number of sulfonamides is 1. The van der Waals surface area contributed by atoms with E-state index in [0.29, 0.717) is 25.1 Å². The molecule has 21 heavy (non-hydrogen) atoms. The molecule has 0 unspecified atom stereocenters. The lowest BCUT2D eigenvalue weighted by molar-refractivity contribution is 0.0988. The second kappa shape index (κ2) is 6.65. The summed E-state index contributed by atoms with van der Waals surface area (Å²) in [7, 11) is -1.57. The van der Waals surface area contributed by atoms with Crippen LogP contribution in [0, 0.1) is 0 Å². The molecular weight excluding hydrogens is 290 g/mol. The molecule has 1 saturated heterocycles. The van der Waals surface area contributed by atoms with Crippen LogP contribution in [0.5, 0.6) is 0 Å². The number of nitrogens with zero attached hydrogens (tertiary/aromatic N) is 2. The lowest BCUT2D eigenvalue weighted by Gasteiger charge is -2.32. The Morgan fingerprint density at radius 3 is 2.24 bits per heavy atom. The molecule has 7 heteroatoms. The van der Waals surface area contributed by atoms with E-state index < -0.39 is 10.0 Å². The quantitative estimate of drug-likeness (QED) is 0.812. The third kappa shape index (κ3) is 4.10. The summed E-state index contributed by atoms with van der Waals surface area (Å²) in [5.41, 5.74) is 0.538. The van der Waals surface area contributed by atoms with E-state index in [2.05, 4.69) is 9.73 Å². The highest BCUT2D eigenvalue weighted by Gasteiger charge is 2.21. The molecule has 0 bridgehead atoms. The molecule has 0 aromatic heterocycles. The molecule has 1 N–H and O–H groups in total. The molecule has 0 aliphatic carbocycles. The van der Waals surface area contributed by atoms with Crippen molar-refractivity contribution < 1.29 is 13.2 Å². The normalized spacial score (nSPS) is 17.8. The van der Waals surface area contributed by atoms with Crippen LogP contribution in [0.15, 0.2) is 29.2 Å². The zero-order chi connectivity index (χ0) is 15.5. The first-order valence-corrected chi connectivity index (χ1v) is 8.50. The van der Waals surface area contributed by atoms with Crippen molar-refractivity contribution in [3.8, 4) is 0 Å². The molecule has 1 aromatic rings. The fraction of sp³-hybridized carbons (Fsp3) is 0.500. The van der Waals surface area contributed by atoms with Crippen LogP contribution in [0.25, 0.3) is 0 Å². The van der Waals surface area contributed by atoms with Crippen LogP contribution in [-0.2, 0) is 10.0 Å². The lowest BCUT2D eigenvalue weighted by Crippen LogP contribution is -2.52. The average Bonchev–Trinajstić information content (AvgIpc) is 2.49. The minimum Gasteiger partial charge on any atom is -0.304 e. The maximum atomic E-state index is 12.3. The zero-order valence-electron chi connectivity index (χ0n) is 12.4. The maximum absolute atomic E-state index is 12.3. The van der Waals surface area contributed by atoms with Crippen molar-refractivity contribution in [1.29, 1.82) is 0 Å². The average molecular weight is 311 g/mol. The van der Waals surface area contributed by atoms with Gasteiger partial charge in [0, 0.05) is 38.2 Å². The van der Waals surface area contributed by atoms with Crippen molar-refractivity contribution in [1.82, 2.24) is 14.7 Å². The SMILES string of the molecule is CCC(=O)c1ccc(S(=O)(=O)NN2CCN(C)CC2)cc1. The molecule has 0 atom stereocenters. The number of hydrazine groups is 1. The van der Waals surface area contributed by atoms with E-state index in [4.69, 9.17) is 0 Å². The topological polar surface area (TPSA) is 69.7 Å². The molecule has 1 fully saturated rings. The van der Waals surface area contributed by atoms with Crippen LogP contribution in [0.3, 0.4) is 0 Å². The molecule has 0 saturated carbocycles. The van der Waals surface area contributed by atoms with Crippen molar-refractivity contribution in [2.75, 3.05) is 33.2 Å². The standard InChI is InChI=1S/C14H21N3O3S/c1-3-14(18)12-4-6-13(7-5-12)21(19,20)15-17-10-8-16(2)9-11-17/h4-7,15H,3,8-11H2,1-2H3. The Kier molecular flexibility index (Phi) is 5.10. The van der Waals surface area contributed by atoms with Gasteiger partial charge in [-0.05, 0) is 19.2 Å². The van der Waals surface area contributed by atoms with Crippen molar-refractivity contribution in [2.24, 2.45) is 0 Å². The fourth-order valence-electron chi connectivity index (χ4n) is 2.14. The van der Waals surface area contributed by atoms with Crippen LogP contribution < -0.4 is 4.83 Å². The van der Waals surface area contributed by atoms with Crippen molar-refractivity contribution >= 4 is 15.8 Å². The molecule has 0 amide bonds. The molecular formula is C14H21N3O3S. The first kappa shape index (κ1) is 16.1. The number of Topliss-reactive ketones (excluding diaryl/α,β-unsaturated/α-hetero) is 1. The fourth-order valence-corrected chi connectivity index (χ4v) is 3.27. The van der Waals surface area contributed by atoms with Gasteiger partial charge in [-0.15, -0.1) is 4.83 Å². The Balaban J connectivity index is 2.07. The first-order chi connectivity index (χ1) is 9.92. The van der Waals surface area contributed by atoms with Gasteiger partial charge >= 0.3 is 0 Å². The van der Waals surface area contributed by atoms with Gasteiger partial charge in [0.25, 0.3) is 10.0 Å². The van der Waals surface area contributed by atoms with E-state index in [9.17, 15) is 13.2 Å². The molecule has 2 rings (SSSR count). The second-order valence-corrected chi connectivity index (χ2v) is 6.85. The molecule has 0 radical (unpaired) electrons. The third-order valence-corrected chi connectivity index (χ3v) is 4.95. The lowest BCUT2D eigenvalue weighted by atomic mass is 10.1. The smallest absolute Gasteiger partial charge is 0.253 e. The summed E-state index contributed by atoms with van der Waals surface area (Å²) < 4.78 is 24.6. The molecule has 116 valence electrons. The minimum atomic E-state index is -3.58. The van der Waals surface area contributed by atoms with Gasteiger partial charge in [-0.1, -0.05) is 19.1 Å². The number of likely N-dealkylation sites (N-methyl/N-ethyl adjacent to an activating group) is 1. The Morgan fingerprint density at radius 2 is 1.71 bits per heavy atom. The Morgan fingerprint density at radius 1 is 1.14 bits per heavy atom. The van der Waals surface area contributed by atoms with Crippen LogP contribution >= 0.6 is 0 Å². The number of nitrogens with one attached hydrogen (secondary N) is 1. The number of carbonyl (C=O) groups is 1. The van der Waals surface area contributed by atoms with Crippen LogP contribution in [0.2, 0.25) is 0 Å². The summed E-state index contributed by atoms with van der Waals surface area (Å²) in [6, 6.07) is 6.07. The Bertz CT molecular complexity index is 590. The van der Waals surface area contributed by atoms with E-state index in [1.807, 2.05) is 7.05 Å². The summed E-state index contributed by atoms with van der Waals surface area (Å²) in [6.45, 7) is 4.74. The highest BCUT2D eigenvalue weighted by atomic mass is 32.2. The van der Waals surface area contributed by atoms with E-state index in [1.165, 1.54) is 12.1 Å². The summed E-state index contributed by atoms with van der Waals surface area (Å²) in [5.74, 6) is 0.00553. The predicted molar refractivity (Wildman–Crippen MR) is 80.5 cm³/mol. The number of hydrogen-bond donors (Lipinski definition) is 1. The monoisotopic (exact) mass is 311 g/mol. The molecule has 1 heterocycles. The number of rotatable bonds is 5. The number of hydrogen-bond acceptors (Lipinski definition) is 5. The summed E-state index contributed by atoms with van der Waals surface area (Å²) in [5, 5.41) is 1.71. The maximum Gasteiger partial charge on any atom is 0.253 e. The van der Waals surface area contributed by atoms with E-state index >= 15 is 0 Å². The minimum absolute atomic E-state index is 0.00553. The molecule has 1 aliphatic rings. The summed E-state index contributed by atoms with van der Waals surface area (Å²) >= 11 is 0. The predicted octanol–water partition coefficient (Wildman–Crippen LogP) is 0.720. The number of benzene rings is 1. The van der Waals surface area contributed by atoms with E-state index in [-0.39, 0.29) is 10.7 Å². The molecule has 6 nitrogen and oxygen atoms in total. The Hall–Kier alpha value is -1.28. The largest absolute Gasteiger partial charge is 0.304 e. The highest BCUT2D eigenvalue weighted by molar-refractivity contribution is 7.89. The highest BCUT2D eigenvalue weighted by Crippen LogP contribution is 2.12. The second-order valence-electron chi connectivity index (χ2n) is 5.19. The van der Waals surface area contributed by atoms with E-state index in [1.54, 1.807) is 24.1 Å². The third-order valence-electron chi connectivity index (χ3n) is 3.56. The Labute approximate surface area is 125 Å². The van der Waals surface area contributed by atoms with Gasteiger partial charge in [0.2, 0.25) is 0 Å². The number of ketones is 1. The van der Waals surface area contributed by atoms with Crippen molar-refractivity contribution in [2.45, 2.75) is 18.2 Å². The van der Waals surface area contributed by atoms with Crippen molar-refractivity contribution in [3.05, 3.63) is 29.8 Å². The van der Waals surface area contributed by atoms with Gasteiger partial charge in [-0.2, -0.15) is 0 Å². The molecule has 0 spiro atoms. The molecule has 1 aromatic carbocycles. The van der Waals surface area contributed by atoms with Gasteiger partial charge in [-0.3, -0.25) is 4.79 Å². The number of piperazine rings is 1. The van der Waals surface area contributed by atoms with Gasteiger partial charge < -0.3 is 4.90 Å². The van der Waals surface area contributed by atoms with Gasteiger partial charge in [0.15, 0.2) is 5.78 Å². The first-order valence-electron chi connectivity index (χ1n) is 7.01. The van der Waals surface area contributed by atoms with Gasteiger partial charge in [0.05, 0.1) is 4.90 Å². The van der Waals surface area contributed by atoms with Crippen LogP contribution in [-0.4, -0.2) is 57.3 Å². The van der Waals surface area contributed by atoms with Crippen molar-refractivity contribution in [3.63, 3.8) is 0 Å². The molecule has 1 aliphatic heterocycles. The van der Waals surface area contributed by atoms with Crippen LogP contribution in [0.1, 0.15) is 23.7 Å².